The van der Waals surface area contributed by atoms with Gasteiger partial charge >= 0.3 is 0 Å². The Bertz CT molecular complexity index is 288. The lowest BCUT2D eigenvalue weighted by molar-refractivity contribution is 0.667. The Kier molecular flexibility index (Phi) is 2.79. The van der Waals surface area contributed by atoms with Crippen LogP contribution < -0.4 is 10.9 Å². The molecule has 13 heavy (non-hydrogen) atoms. The summed E-state index contributed by atoms with van der Waals surface area (Å²) in [7, 11) is 0. The molecule has 2 nitrogen and oxygen atoms in total. The van der Waals surface area contributed by atoms with E-state index in [2.05, 4.69) is 23.5 Å². The molecule has 1 aromatic carbocycles. The third-order valence-electron chi connectivity index (χ3n) is 2.25. The molecule has 70 valence electrons. The highest BCUT2D eigenvalue weighted by Gasteiger charge is 2.24. The molecule has 0 bridgehead atoms. The van der Waals surface area contributed by atoms with Crippen LogP contribution in [-0.4, -0.2) is 11.9 Å². The van der Waals surface area contributed by atoms with Crippen LogP contribution in [0.15, 0.2) is 24.3 Å². The second kappa shape index (κ2) is 3.88. The predicted octanol–water partition coefficient (Wildman–Crippen LogP) is 1.79. The van der Waals surface area contributed by atoms with E-state index in [1.807, 2.05) is 24.3 Å². The molecule has 2 unspecified atom stereocenters. The molecule has 0 spiro atoms. The quantitative estimate of drug-likeness (QED) is 0.621. The molecule has 1 aliphatic rings. The van der Waals surface area contributed by atoms with Crippen molar-refractivity contribution in [3.05, 3.63) is 34.9 Å². The molecule has 0 aliphatic carbocycles. The van der Waals surface area contributed by atoms with Gasteiger partial charge in [0.2, 0.25) is 0 Å². The van der Waals surface area contributed by atoms with E-state index in [1.165, 1.54) is 5.56 Å². The van der Waals surface area contributed by atoms with Gasteiger partial charge in [0.1, 0.15) is 0 Å². The van der Waals surface area contributed by atoms with Gasteiger partial charge in [-0.15, -0.1) is 0 Å². The summed E-state index contributed by atoms with van der Waals surface area (Å²) < 4.78 is 0. The number of benzene rings is 1. The van der Waals surface area contributed by atoms with E-state index < -0.39 is 0 Å². The Morgan fingerprint density at radius 2 is 2.00 bits per heavy atom. The van der Waals surface area contributed by atoms with Crippen molar-refractivity contribution in [3.8, 4) is 0 Å². The maximum atomic E-state index is 5.80. The minimum Gasteiger partial charge on any atom is -0.256 e. The van der Waals surface area contributed by atoms with Crippen LogP contribution in [0.1, 0.15) is 11.5 Å². The summed E-state index contributed by atoms with van der Waals surface area (Å²) in [6.45, 7) is 0.912. The molecule has 0 radical (unpaired) electrons. The third kappa shape index (κ3) is 1.99. The second-order valence-corrected chi connectivity index (χ2v) is 4.12. The Morgan fingerprint density at radius 1 is 1.31 bits per heavy atom. The minimum absolute atomic E-state index is 0.182. The van der Waals surface area contributed by atoms with Crippen molar-refractivity contribution >= 4 is 24.2 Å². The van der Waals surface area contributed by atoms with Crippen molar-refractivity contribution in [1.29, 1.82) is 0 Å². The van der Waals surface area contributed by atoms with Crippen molar-refractivity contribution < 1.29 is 0 Å². The van der Waals surface area contributed by atoms with E-state index >= 15 is 0 Å². The lowest BCUT2D eigenvalue weighted by atomic mass is 10.0. The standard InChI is InChI=1S/C9H11ClN2S/c10-7-3-1-6(2-4-7)8-5-11-12-9(8)13/h1-4,8-9,11-13H,5H2. The van der Waals surface area contributed by atoms with Gasteiger partial charge in [0.05, 0.1) is 5.37 Å². The molecule has 0 amide bonds. The van der Waals surface area contributed by atoms with Gasteiger partial charge in [-0.3, -0.25) is 5.43 Å². The fraction of sp³-hybridized carbons (Fsp3) is 0.333. The van der Waals surface area contributed by atoms with Crippen LogP contribution in [0.5, 0.6) is 0 Å². The molecule has 0 aromatic heterocycles. The number of hydrogen-bond donors (Lipinski definition) is 3. The zero-order chi connectivity index (χ0) is 9.26. The summed E-state index contributed by atoms with van der Waals surface area (Å²) in [6.07, 6.45) is 0. The van der Waals surface area contributed by atoms with Gasteiger partial charge < -0.3 is 0 Å². The lowest BCUT2D eigenvalue weighted by Gasteiger charge is -2.12. The third-order valence-corrected chi connectivity index (χ3v) is 2.99. The molecule has 1 aromatic rings. The van der Waals surface area contributed by atoms with Crippen LogP contribution in [0, 0.1) is 0 Å². The van der Waals surface area contributed by atoms with Crippen LogP contribution in [0.4, 0.5) is 0 Å². The summed E-state index contributed by atoms with van der Waals surface area (Å²) in [5.74, 6) is 0.417. The molecular formula is C9H11ClN2S. The summed E-state index contributed by atoms with van der Waals surface area (Å²) in [5.41, 5.74) is 7.41. The summed E-state index contributed by atoms with van der Waals surface area (Å²) in [6, 6.07) is 7.92. The largest absolute Gasteiger partial charge is 0.256 e. The van der Waals surface area contributed by atoms with Gasteiger partial charge in [-0.2, -0.15) is 12.6 Å². The first-order chi connectivity index (χ1) is 6.27. The first-order valence-corrected chi connectivity index (χ1v) is 5.09. The van der Waals surface area contributed by atoms with E-state index in [1.54, 1.807) is 0 Å². The second-order valence-electron chi connectivity index (χ2n) is 3.13. The van der Waals surface area contributed by atoms with Crippen LogP contribution >= 0.6 is 24.2 Å². The van der Waals surface area contributed by atoms with Gasteiger partial charge in [0, 0.05) is 17.5 Å². The monoisotopic (exact) mass is 214 g/mol. The normalized spacial score (nSPS) is 27.8. The van der Waals surface area contributed by atoms with Crippen LogP contribution in [0.25, 0.3) is 0 Å². The van der Waals surface area contributed by atoms with Gasteiger partial charge in [-0.05, 0) is 17.7 Å². The first kappa shape index (κ1) is 9.34. The lowest BCUT2D eigenvalue weighted by Crippen LogP contribution is -2.26. The highest BCUT2D eigenvalue weighted by atomic mass is 35.5. The topological polar surface area (TPSA) is 24.1 Å². The van der Waals surface area contributed by atoms with E-state index in [0.717, 1.165) is 11.6 Å². The Labute approximate surface area is 88.0 Å². The van der Waals surface area contributed by atoms with Gasteiger partial charge in [-0.1, -0.05) is 23.7 Å². The van der Waals surface area contributed by atoms with E-state index in [-0.39, 0.29) is 5.37 Å². The summed E-state index contributed by atoms with van der Waals surface area (Å²) in [4.78, 5) is 0. The number of rotatable bonds is 1. The van der Waals surface area contributed by atoms with Crippen LogP contribution in [-0.2, 0) is 0 Å². The highest BCUT2D eigenvalue weighted by Crippen LogP contribution is 2.25. The molecule has 4 heteroatoms. The number of hydrogen-bond acceptors (Lipinski definition) is 3. The summed E-state index contributed by atoms with van der Waals surface area (Å²) >= 11 is 10.2. The fourth-order valence-corrected chi connectivity index (χ4v) is 1.99. The molecule has 1 heterocycles. The molecule has 2 rings (SSSR count). The Morgan fingerprint density at radius 3 is 2.54 bits per heavy atom. The molecule has 0 saturated carbocycles. The van der Waals surface area contributed by atoms with E-state index in [0.29, 0.717) is 5.92 Å². The average Bonchev–Trinajstić information content (AvgIpc) is 2.53. The van der Waals surface area contributed by atoms with Crippen molar-refractivity contribution in [3.63, 3.8) is 0 Å². The first-order valence-electron chi connectivity index (χ1n) is 4.19. The minimum atomic E-state index is 0.182. The Balaban J connectivity index is 2.20. The summed E-state index contributed by atoms with van der Waals surface area (Å²) in [5, 5.41) is 0.958. The zero-order valence-electron chi connectivity index (χ0n) is 7.00. The van der Waals surface area contributed by atoms with E-state index in [9.17, 15) is 0 Å². The van der Waals surface area contributed by atoms with Crippen molar-refractivity contribution in [1.82, 2.24) is 10.9 Å². The van der Waals surface area contributed by atoms with Gasteiger partial charge in [-0.25, -0.2) is 5.43 Å². The molecule has 1 saturated heterocycles. The SMILES string of the molecule is SC1NNCC1c1ccc(Cl)cc1. The fourth-order valence-electron chi connectivity index (χ4n) is 1.50. The molecule has 1 fully saturated rings. The van der Waals surface area contributed by atoms with Crippen molar-refractivity contribution in [2.24, 2.45) is 0 Å². The number of hydrazine groups is 1. The maximum Gasteiger partial charge on any atom is 0.0717 e. The number of thiol groups is 1. The smallest absolute Gasteiger partial charge is 0.0717 e. The number of nitrogens with one attached hydrogen (secondary N) is 2. The number of halogens is 1. The van der Waals surface area contributed by atoms with Crippen LogP contribution in [0.3, 0.4) is 0 Å². The van der Waals surface area contributed by atoms with Crippen molar-refractivity contribution in [2.75, 3.05) is 6.54 Å². The van der Waals surface area contributed by atoms with E-state index in [4.69, 9.17) is 11.6 Å². The molecule has 2 atom stereocenters. The van der Waals surface area contributed by atoms with Crippen molar-refractivity contribution in [2.45, 2.75) is 11.3 Å². The zero-order valence-corrected chi connectivity index (χ0v) is 8.65. The maximum absolute atomic E-state index is 5.80. The molecule has 1 aliphatic heterocycles. The Hall–Kier alpha value is -0.220. The molecule has 2 N–H and O–H groups in total. The predicted molar refractivity (Wildman–Crippen MR) is 58.1 cm³/mol. The highest BCUT2D eigenvalue weighted by molar-refractivity contribution is 7.81. The molecular weight excluding hydrogens is 204 g/mol. The van der Waals surface area contributed by atoms with Crippen LogP contribution in [0.2, 0.25) is 5.02 Å². The van der Waals surface area contributed by atoms with Gasteiger partial charge in [0.15, 0.2) is 0 Å². The average molecular weight is 215 g/mol. The van der Waals surface area contributed by atoms with Gasteiger partial charge in [0.25, 0.3) is 0 Å².